The van der Waals surface area contributed by atoms with Crippen molar-refractivity contribution >= 4 is 18.2 Å². The molecule has 0 amide bonds. The molecule has 0 N–H and O–H groups in total. The lowest BCUT2D eigenvalue weighted by atomic mass is 10.5. The van der Waals surface area contributed by atoms with Crippen LogP contribution in [0.25, 0.3) is 0 Å². The zero-order chi connectivity index (χ0) is 5.98. The van der Waals surface area contributed by atoms with Gasteiger partial charge in [0.2, 0.25) is 0 Å². The van der Waals surface area contributed by atoms with Crippen LogP contribution >= 0.6 is 0 Å². The first-order valence-corrected chi connectivity index (χ1v) is 2.39. The summed E-state index contributed by atoms with van der Waals surface area (Å²) in [5.41, 5.74) is 0.442. The molecule has 8 heavy (non-hydrogen) atoms. The van der Waals surface area contributed by atoms with Gasteiger partial charge in [0.25, 0.3) is 0 Å². The summed E-state index contributed by atoms with van der Waals surface area (Å²) in [5.74, 6) is 0. The second-order valence-corrected chi connectivity index (χ2v) is 1.58. The van der Waals surface area contributed by atoms with E-state index in [9.17, 15) is 4.79 Å². The number of carbonyl (C=O) groups is 1. The van der Waals surface area contributed by atoms with E-state index in [1.165, 1.54) is 6.21 Å². The SMILES string of the molecule is C[C@H]1N=CC(C=O)=N1. The summed E-state index contributed by atoms with van der Waals surface area (Å²) in [6.45, 7) is 1.83. The second kappa shape index (κ2) is 1.86. The highest BCUT2D eigenvalue weighted by Crippen LogP contribution is 1.96. The average Bonchev–Trinajstić information content (AvgIpc) is 2.14. The van der Waals surface area contributed by atoms with Crippen molar-refractivity contribution in [3.63, 3.8) is 0 Å². The van der Waals surface area contributed by atoms with Crippen LogP contribution in [0, 0.1) is 0 Å². The van der Waals surface area contributed by atoms with Crippen LogP contribution in [0.2, 0.25) is 0 Å². The summed E-state index contributed by atoms with van der Waals surface area (Å²) in [6.07, 6.45) is 2.14. The van der Waals surface area contributed by atoms with Crippen molar-refractivity contribution in [2.45, 2.75) is 13.1 Å². The molecule has 0 fully saturated rings. The van der Waals surface area contributed by atoms with Gasteiger partial charge in [-0.05, 0) is 6.92 Å². The Hall–Kier alpha value is -0.990. The van der Waals surface area contributed by atoms with E-state index in [4.69, 9.17) is 0 Å². The van der Waals surface area contributed by atoms with Crippen molar-refractivity contribution in [3.05, 3.63) is 0 Å². The molecule has 0 aromatic carbocycles. The standard InChI is InChI=1S/C5H6N2O/c1-4-6-2-5(3-8)7-4/h2-4H,1H3/t4-/m0/s1. The van der Waals surface area contributed by atoms with Crippen molar-refractivity contribution < 1.29 is 4.79 Å². The third-order valence-corrected chi connectivity index (χ3v) is 0.879. The number of aldehydes is 1. The first-order chi connectivity index (χ1) is 3.83. The Balaban J connectivity index is 2.72. The molecule has 0 aromatic rings. The van der Waals surface area contributed by atoms with E-state index >= 15 is 0 Å². The van der Waals surface area contributed by atoms with Gasteiger partial charge in [-0.15, -0.1) is 0 Å². The smallest absolute Gasteiger partial charge is 0.169 e. The molecule has 0 saturated carbocycles. The van der Waals surface area contributed by atoms with Crippen molar-refractivity contribution in [1.29, 1.82) is 0 Å². The highest BCUT2D eigenvalue weighted by atomic mass is 16.1. The molecular formula is C5H6N2O. The lowest BCUT2D eigenvalue weighted by molar-refractivity contribution is -0.102. The molecule has 0 aliphatic carbocycles. The fraction of sp³-hybridized carbons (Fsp3) is 0.400. The van der Waals surface area contributed by atoms with Crippen LogP contribution in [0.5, 0.6) is 0 Å². The Labute approximate surface area is 47.1 Å². The van der Waals surface area contributed by atoms with Gasteiger partial charge in [0.1, 0.15) is 11.9 Å². The molecule has 1 heterocycles. The van der Waals surface area contributed by atoms with Crippen LogP contribution in [0.1, 0.15) is 6.92 Å². The zero-order valence-electron chi connectivity index (χ0n) is 4.53. The van der Waals surface area contributed by atoms with E-state index in [0.717, 1.165) is 0 Å². The topological polar surface area (TPSA) is 41.8 Å². The molecule has 3 nitrogen and oxygen atoms in total. The average molecular weight is 110 g/mol. The van der Waals surface area contributed by atoms with Crippen LogP contribution in [-0.4, -0.2) is 24.4 Å². The molecule has 3 heteroatoms. The molecule has 0 unspecified atom stereocenters. The van der Waals surface area contributed by atoms with Crippen LogP contribution in [0.3, 0.4) is 0 Å². The summed E-state index contributed by atoms with van der Waals surface area (Å²) in [5, 5.41) is 0. The van der Waals surface area contributed by atoms with Gasteiger partial charge in [0.15, 0.2) is 6.29 Å². The second-order valence-electron chi connectivity index (χ2n) is 1.58. The number of nitrogens with zero attached hydrogens (tertiary/aromatic N) is 2. The number of aliphatic imine (C=N–C) groups is 2. The molecule has 1 rings (SSSR count). The predicted octanol–water partition coefficient (Wildman–Crippen LogP) is 0.0567. The third kappa shape index (κ3) is 0.804. The van der Waals surface area contributed by atoms with E-state index in [2.05, 4.69) is 9.98 Å². The Bertz CT molecular complexity index is 160. The molecule has 0 aromatic heterocycles. The van der Waals surface area contributed by atoms with E-state index < -0.39 is 0 Å². The first-order valence-electron chi connectivity index (χ1n) is 2.39. The number of carbonyl (C=O) groups excluding carboxylic acids is 1. The molecular weight excluding hydrogens is 104 g/mol. The van der Waals surface area contributed by atoms with Crippen molar-refractivity contribution in [2.75, 3.05) is 0 Å². The highest BCUT2D eigenvalue weighted by molar-refractivity contribution is 6.55. The largest absolute Gasteiger partial charge is 0.296 e. The predicted molar refractivity (Wildman–Crippen MR) is 31.5 cm³/mol. The maximum Gasteiger partial charge on any atom is 0.169 e. The molecule has 0 radical (unpaired) electrons. The Morgan fingerprint density at radius 2 is 2.62 bits per heavy atom. The lowest BCUT2D eigenvalue weighted by Gasteiger charge is -1.85. The molecule has 0 spiro atoms. The van der Waals surface area contributed by atoms with Crippen molar-refractivity contribution in [2.24, 2.45) is 9.98 Å². The number of rotatable bonds is 1. The van der Waals surface area contributed by atoms with E-state index in [1.807, 2.05) is 6.92 Å². The van der Waals surface area contributed by atoms with Gasteiger partial charge in [-0.1, -0.05) is 0 Å². The first kappa shape index (κ1) is 5.15. The van der Waals surface area contributed by atoms with Gasteiger partial charge in [0.05, 0.1) is 6.21 Å². The van der Waals surface area contributed by atoms with Crippen LogP contribution < -0.4 is 0 Å². The van der Waals surface area contributed by atoms with Gasteiger partial charge in [-0.2, -0.15) is 0 Å². The van der Waals surface area contributed by atoms with Crippen LogP contribution in [-0.2, 0) is 4.79 Å². The maximum absolute atomic E-state index is 9.93. The minimum Gasteiger partial charge on any atom is -0.296 e. The van der Waals surface area contributed by atoms with Gasteiger partial charge >= 0.3 is 0 Å². The summed E-state index contributed by atoms with van der Waals surface area (Å²) in [7, 11) is 0. The van der Waals surface area contributed by atoms with Crippen molar-refractivity contribution in [3.8, 4) is 0 Å². The van der Waals surface area contributed by atoms with E-state index in [0.29, 0.717) is 12.0 Å². The minimum absolute atomic E-state index is 0.0461. The van der Waals surface area contributed by atoms with Crippen LogP contribution in [0.4, 0.5) is 0 Å². The number of hydrogen-bond acceptors (Lipinski definition) is 3. The zero-order valence-corrected chi connectivity index (χ0v) is 4.53. The summed E-state index contributed by atoms with van der Waals surface area (Å²) in [4.78, 5) is 17.6. The van der Waals surface area contributed by atoms with Crippen LogP contribution in [0.15, 0.2) is 9.98 Å². The quantitative estimate of drug-likeness (QED) is 0.440. The van der Waals surface area contributed by atoms with Crippen molar-refractivity contribution in [1.82, 2.24) is 0 Å². The molecule has 1 aliphatic heterocycles. The molecule has 0 saturated heterocycles. The Morgan fingerprint density at radius 3 is 2.88 bits per heavy atom. The molecule has 42 valence electrons. The number of hydrogen-bond donors (Lipinski definition) is 0. The van der Waals surface area contributed by atoms with Gasteiger partial charge < -0.3 is 0 Å². The fourth-order valence-corrected chi connectivity index (χ4v) is 0.527. The maximum atomic E-state index is 9.93. The van der Waals surface area contributed by atoms with E-state index in [1.54, 1.807) is 0 Å². The summed E-state index contributed by atoms with van der Waals surface area (Å²) >= 11 is 0. The minimum atomic E-state index is -0.0461. The Kier molecular flexibility index (Phi) is 1.20. The monoisotopic (exact) mass is 110 g/mol. The van der Waals surface area contributed by atoms with Gasteiger partial charge in [0, 0.05) is 0 Å². The normalized spacial score (nSPS) is 25.6. The fourth-order valence-electron chi connectivity index (χ4n) is 0.527. The molecule has 1 aliphatic rings. The third-order valence-electron chi connectivity index (χ3n) is 0.879. The Morgan fingerprint density at radius 1 is 1.88 bits per heavy atom. The summed E-state index contributed by atoms with van der Waals surface area (Å²) < 4.78 is 0. The van der Waals surface area contributed by atoms with Gasteiger partial charge in [-0.3, -0.25) is 14.8 Å². The van der Waals surface area contributed by atoms with Gasteiger partial charge in [-0.25, -0.2) is 0 Å². The lowest BCUT2D eigenvalue weighted by Crippen LogP contribution is -1.96. The molecule has 0 bridgehead atoms. The van der Waals surface area contributed by atoms with E-state index in [-0.39, 0.29) is 6.17 Å². The molecule has 1 atom stereocenters. The highest BCUT2D eigenvalue weighted by Gasteiger charge is 2.03. The summed E-state index contributed by atoms with van der Waals surface area (Å²) in [6, 6.07) is 0.